The summed E-state index contributed by atoms with van der Waals surface area (Å²) in [6.07, 6.45) is 2.55. The molecule has 2 N–H and O–H groups in total. The van der Waals surface area contributed by atoms with E-state index in [-0.39, 0.29) is 30.9 Å². The van der Waals surface area contributed by atoms with Gasteiger partial charge in [0.25, 0.3) is 0 Å². The molecular weight excluding hydrogens is 318 g/mol. The van der Waals surface area contributed by atoms with Gasteiger partial charge in [0, 0.05) is 25.4 Å². The summed E-state index contributed by atoms with van der Waals surface area (Å²) in [6, 6.07) is 8.91. The Morgan fingerprint density at radius 1 is 1.29 bits per heavy atom. The Balaban J connectivity index is 1.65. The molecule has 2 amide bonds. The molecule has 2 aromatic rings. The topological polar surface area (TPSA) is 68.2 Å². The molecule has 0 bridgehead atoms. The van der Waals surface area contributed by atoms with Gasteiger partial charge in [0.1, 0.15) is 17.7 Å². The molecule has 1 heterocycles. The second kappa shape index (κ2) is 8.85. The Labute approximate surface area is 138 Å². The fourth-order valence-corrected chi connectivity index (χ4v) is 2.08. The van der Waals surface area contributed by atoms with E-state index in [1.54, 1.807) is 0 Å². The summed E-state index contributed by atoms with van der Waals surface area (Å²) >= 11 is 0. The summed E-state index contributed by atoms with van der Waals surface area (Å²) in [5.41, 5.74) is 0. The summed E-state index contributed by atoms with van der Waals surface area (Å²) in [7, 11) is 0. The first-order chi connectivity index (χ1) is 11.6. The maximum atomic E-state index is 12.6. The molecule has 0 fully saturated rings. The molecule has 0 radical (unpaired) electrons. The number of urea groups is 1. The number of imidazole rings is 1. The van der Waals surface area contributed by atoms with E-state index < -0.39 is 6.55 Å². The zero-order chi connectivity index (χ0) is 17.4. The average molecular weight is 338 g/mol. The van der Waals surface area contributed by atoms with Crippen LogP contribution in [0.15, 0.2) is 42.7 Å². The number of amides is 2. The number of hydrogen-bond acceptors (Lipinski definition) is 3. The highest BCUT2D eigenvalue weighted by molar-refractivity contribution is 5.73. The van der Waals surface area contributed by atoms with Crippen molar-refractivity contribution in [2.45, 2.75) is 26.0 Å². The highest BCUT2D eigenvalue weighted by atomic mass is 19.3. The van der Waals surface area contributed by atoms with E-state index in [0.717, 1.165) is 10.3 Å². The fourth-order valence-electron chi connectivity index (χ4n) is 2.08. The highest BCUT2D eigenvalue weighted by Gasteiger charge is 2.11. The van der Waals surface area contributed by atoms with Crippen LogP contribution >= 0.6 is 0 Å². The zero-order valence-electron chi connectivity index (χ0n) is 13.3. The molecule has 0 spiro atoms. The largest absolute Gasteiger partial charge is 0.489 e. The zero-order valence-corrected chi connectivity index (χ0v) is 13.3. The molecule has 0 aliphatic carbocycles. The number of nitrogens with zero attached hydrogens (tertiary/aromatic N) is 2. The number of benzene rings is 1. The maximum Gasteiger partial charge on any atom is 0.319 e. The quantitative estimate of drug-likeness (QED) is 0.777. The smallest absolute Gasteiger partial charge is 0.319 e. The molecule has 130 valence electrons. The first-order valence-corrected chi connectivity index (χ1v) is 7.59. The van der Waals surface area contributed by atoms with Crippen LogP contribution in [0, 0.1) is 0 Å². The van der Waals surface area contributed by atoms with Crippen molar-refractivity contribution in [3.8, 4) is 5.75 Å². The molecule has 0 saturated carbocycles. The number of hydrogen-bond donors (Lipinski definition) is 2. The Morgan fingerprint density at radius 2 is 2.04 bits per heavy atom. The van der Waals surface area contributed by atoms with Crippen molar-refractivity contribution in [2.75, 3.05) is 13.1 Å². The summed E-state index contributed by atoms with van der Waals surface area (Å²) in [6.45, 7) is -0.255. The van der Waals surface area contributed by atoms with E-state index in [9.17, 15) is 13.6 Å². The molecular formula is C16H20F2N4O2. The number of aromatic nitrogens is 2. The third-order valence-corrected chi connectivity index (χ3v) is 3.22. The average Bonchev–Trinajstić information content (AvgIpc) is 3.03. The van der Waals surface area contributed by atoms with Crippen molar-refractivity contribution in [2.24, 2.45) is 0 Å². The number of rotatable bonds is 8. The molecule has 1 atom stereocenters. The second-order valence-electron chi connectivity index (χ2n) is 5.16. The van der Waals surface area contributed by atoms with Gasteiger partial charge in [-0.1, -0.05) is 18.2 Å². The lowest BCUT2D eigenvalue weighted by molar-refractivity contribution is 0.0670. The van der Waals surface area contributed by atoms with Gasteiger partial charge in [-0.15, -0.1) is 0 Å². The van der Waals surface area contributed by atoms with Crippen molar-refractivity contribution in [1.29, 1.82) is 0 Å². The SMILES string of the molecule is C[C@@H](CNC(=O)NCCc1nccn1C(F)F)Oc1ccccc1. The number of halogens is 2. The summed E-state index contributed by atoms with van der Waals surface area (Å²) in [5, 5.41) is 5.27. The Morgan fingerprint density at radius 3 is 2.75 bits per heavy atom. The van der Waals surface area contributed by atoms with Gasteiger partial charge in [-0.3, -0.25) is 4.57 Å². The summed E-state index contributed by atoms with van der Waals surface area (Å²) < 4.78 is 31.7. The standard InChI is InChI=1S/C16H20F2N4O2/c1-12(24-13-5-3-2-4-6-13)11-21-16(23)20-8-7-14-19-9-10-22(14)15(17)18/h2-6,9-10,12,15H,7-8,11H2,1H3,(H2,20,21,23)/t12-/m0/s1. The second-order valence-corrected chi connectivity index (χ2v) is 5.16. The van der Waals surface area contributed by atoms with Crippen LogP contribution in [0.4, 0.5) is 13.6 Å². The summed E-state index contributed by atoms with van der Waals surface area (Å²) in [4.78, 5) is 15.5. The van der Waals surface area contributed by atoms with E-state index in [4.69, 9.17) is 4.74 Å². The van der Waals surface area contributed by atoms with Gasteiger partial charge in [0.05, 0.1) is 6.54 Å². The molecule has 24 heavy (non-hydrogen) atoms. The van der Waals surface area contributed by atoms with Gasteiger partial charge in [-0.25, -0.2) is 9.78 Å². The van der Waals surface area contributed by atoms with Crippen molar-refractivity contribution in [1.82, 2.24) is 20.2 Å². The number of alkyl halides is 2. The Kier molecular flexibility index (Phi) is 6.53. The fraction of sp³-hybridized carbons (Fsp3) is 0.375. The van der Waals surface area contributed by atoms with Crippen LogP contribution in [0.2, 0.25) is 0 Å². The number of ether oxygens (including phenoxy) is 1. The normalized spacial score (nSPS) is 12.0. The van der Waals surface area contributed by atoms with Gasteiger partial charge >= 0.3 is 12.6 Å². The molecule has 8 heteroatoms. The van der Waals surface area contributed by atoms with Gasteiger partial charge in [0.2, 0.25) is 0 Å². The number of para-hydroxylation sites is 1. The van der Waals surface area contributed by atoms with Crippen LogP contribution in [0.25, 0.3) is 0 Å². The molecule has 0 unspecified atom stereocenters. The number of carbonyl (C=O) groups excluding carboxylic acids is 1. The van der Waals surface area contributed by atoms with Gasteiger partial charge in [-0.2, -0.15) is 8.78 Å². The van der Waals surface area contributed by atoms with E-state index in [1.807, 2.05) is 37.3 Å². The van der Waals surface area contributed by atoms with Crippen molar-refractivity contribution < 1.29 is 18.3 Å². The van der Waals surface area contributed by atoms with Crippen molar-refractivity contribution >= 4 is 6.03 Å². The summed E-state index contributed by atoms with van der Waals surface area (Å²) in [5.74, 6) is 0.956. The van der Waals surface area contributed by atoms with Crippen LogP contribution in [0.1, 0.15) is 19.3 Å². The van der Waals surface area contributed by atoms with E-state index in [2.05, 4.69) is 15.6 Å². The van der Waals surface area contributed by atoms with Crippen LogP contribution in [0.5, 0.6) is 5.75 Å². The maximum absolute atomic E-state index is 12.6. The lowest BCUT2D eigenvalue weighted by Crippen LogP contribution is -2.41. The lowest BCUT2D eigenvalue weighted by atomic mass is 10.3. The van der Waals surface area contributed by atoms with E-state index >= 15 is 0 Å². The lowest BCUT2D eigenvalue weighted by Gasteiger charge is -2.15. The molecule has 1 aromatic carbocycles. The first-order valence-electron chi connectivity index (χ1n) is 7.59. The predicted octanol–water partition coefficient (Wildman–Crippen LogP) is 2.59. The van der Waals surface area contributed by atoms with Gasteiger partial charge < -0.3 is 15.4 Å². The number of nitrogens with one attached hydrogen (secondary N) is 2. The Hall–Kier alpha value is -2.64. The minimum Gasteiger partial charge on any atom is -0.489 e. The predicted molar refractivity (Wildman–Crippen MR) is 85.1 cm³/mol. The van der Waals surface area contributed by atoms with Gasteiger partial charge in [-0.05, 0) is 19.1 Å². The monoisotopic (exact) mass is 338 g/mol. The first kappa shape index (κ1) is 17.7. The number of carbonyl (C=O) groups is 1. The third-order valence-electron chi connectivity index (χ3n) is 3.22. The van der Waals surface area contributed by atoms with E-state index in [1.165, 1.54) is 12.4 Å². The van der Waals surface area contributed by atoms with E-state index in [0.29, 0.717) is 6.54 Å². The third kappa shape index (κ3) is 5.53. The highest BCUT2D eigenvalue weighted by Crippen LogP contribution is 2.12. The molecule has 2 rings (SSSR count). The molecule has 6 nitrogen and oxygen atoms in total. The molecule has 1 aromatic heterocycles. The van der Waals surface area contributed by atoms with Crippen molar-refractivity contribution in [3.63, 3.8) is 0 Å². The Bertz CT molecular complexity index is 634. The minimum absolute atomic E-state index is 0.198. The minimum atomic E-state index is -2.63. The molecule has 0 aliphatic rings. The molecule has 0 aliphatic heterocycles. The van der Waals surface area contributed by atoms with Crippen LogP contribution in [-0.4, -0.2) is 34.8 Å². The van der Waals surface area contributed by atoms with Crippen LogP contribution in [0.3, 0.4) is 0 Å². The van der Waals surface area contributed by atoms with Crippen molar-refractivity contribution in [3.05, 3.63) is 48.5 Å². The van der Waals surface area contributed by atoms with Gasteiger partial charge in [0.15, 0.2) is 0 Å². The van der Waals surface area contributed by atoms with Crippen LogP contribution in [-0.2, 0) is 6.42 Å². The molecule has 0 saturated heterocycles. The van der Waals surface area contributed by atoms with Crippen LogP contribution < -0.4 is 15.4 Å².